The summed E-state index contributed by atoms with van der Waals surface area (Å²) in [5, 5.41) is 2.56. The van der Waals surface area contributed by atoms with Crippen LogP contribution < -0.4 is 4.74 Å². The van der Waals surface area contributed by atoms with Crippen molar-refractivity contribution in [2.24, 2.45) is 7.05 Å². The second kappa shape index (κ2) is 10.6. The maximum Gasteiger partial charge on any atom is 0.388 e. The van der Waals surface area contributed by atoms with Crippen LogP contribution in [0.1, 0.15) is 19.4 Å². The normalized spacial score (nSPS) is 13.1. The molecule has 168 valence electrons. The van der Waals surface area contributed by atoms with Crippen molar-refractivity contribution in [3.8, 4) is 17.1 Å². The molecule has 1 aromatic carbocycles. The molecule has 0 N–H and O–H groups in total. The molecule has 0 amide bonds. The minimum Gasteiger partial charge on any atom is -0.416 e. The molecule has 1 unspecified atom stereocenters. The van der Waals surface area contributed by atoms with Gasteiger partial charge in [0.05, 0.1) is 13.2 Å². The van der Waals surface area contributed by atoms with E-state index in [1.807, 2.05) is 0 Å². The average Bonchev–Trinajstić information content (AvgIpc) is 2.92. The molecule has 1 aromatic heterocycles. The lowest BCUT2D eigenvalue weighted by molar-refractivity contribution is -0.0552. The van der Waals surface area contributed by atoms with Gasteiger partial charge in [0.25, 0.3) is 0 Å². The summed E-state index contributed by atoms with van der Waals surface area (Å²) in [6, 6.07) is 2.30. The molecule has 0 fully saturated rings. The van der Waals surface area contributed by atoms with Crippen molar-refractivity contribution in [2.45, 2.75) is 32.0 Å². The van der Waals surface area contributed by atoms with E-state index in [0.29, 0.717) is 5.56 Å². The van der Waals surface area contributed by atoms with Gasteiger partial charge in [-0.3, -0.25) is 4.57 Å². The topological polar surface area (TPSA) is 62.6 Å². The monoisotopic (exact) mass is 508 g/mol. The first-order chi connectivity index (χ1) is 14.0. The van der Waals surface area contributed by atoms with Gasteiger partial charge in [-0.15, -0.1) is 11.6 Å². The molecule has 30 heavy (non-hydrogen) atoms. The molecule has 0 saturated heterocycles. The van der Waals surface area contributed by atoms with Crippen LogP contribution in [0.4, 0.5) is 13.2 Å². The molecule has 0 aliphatic carbocycles. The minimum absolute atomic E-state index is 0.0116. The van der Waals surface area contributed by atoms with E-state index in [0.717, 1.165) is 10.7 Å². The number of rotatable bonds is 10. The van der Waals surface area contributed by atoms with Gasteiger partial charge >= 0.3 is 14.2 Å². The van der Waals surface area contributed by atoms with Crippen LogP contribution in [0.15, 0.2) is 12.1 Å². The molecule has 0 aliphatic heterocycles. The largest absolute Gasteiger partial charge is 0.416 e. The molecule has 1 heterocycles. The molecule has 0 spiro atoms. The summed E-state index contributed by atoms with van der Waals surface area (Å²) in [5.41, 5.74) is 0.0607. The first-order valence-electron chi connectivity index (χ1n) is 8.72. The van der Waals surface area contributed by atoms with Crippen molar-refractivity contribution in [1.29, 1.82) is 0 Å². The fourth-order valence-corrected chi connectivity index (χ4v) is 5.23. The van der Waals surface area contributed by atoms with Gasteiger partial charge in [0.15, 0.2) is 0 Å². The van der Waals surface area contributed by atoms with Gasteiger partial charge in [-0.25, -0.2) is 9.07 Å². The fraction of sp³-hybridized carbons (Fsp3) is 0.471. The Bertz CT molecular complexity index is 935. The highest BCUT2D eigenvalue weighted by Gasteiger charge is 2.35. The van der Waals surface area contributed by atoms with E-state index in [1.165, 1.54) is 13.1 Å². The highest BCUT2D eigenvalue weighted by Crippen LogP contribution is 2.56. The number of aromatic nitrogens is 2. The smallest absolute Gasteiger partial charge is 0.388 e. The number of benzene rings is 1. The molecule has 2 aromatic rings. The molecule has 1 atom stereocenters. The Kier molecular flexibility index (Phi) is 8.92. The fourth-order valence-electron chi connectivity index (χ4n) is 2.65. The van der Waals surface area contributed by atoms with Crippen LogP contribution in [0, 0.1) is 5.82 Å². The summed E-state index contributed by atoms with van der Waals surface area (Å²) in [5.74, 6) is -1.22. The second-order valence-electron chi connectivity index (χ2n) is 5.91. The molecule has 6 nitrogen and oxygen atoms in total. The van der Waals surface area contributed by atoms with Gasteiger partial charge in [-0.1, -0.05) is 23.2 Å². The highest BCUT2D eigenvalue weighted by atomic mass is 35.5. The summed E-state index contributed by atoms with van der Waals surface area (Å²) >= 11 is 18.5. The average molecular weight is 510 g/mol. The van der Waals surface area contributed by atoms with Crippen molar-refractivity contribution in [1.82, 2.24) is 9.78 Å². The molecule has 13 heteroatoms. The number of aryl methyl sites for hydroxylation is 1. The first-order valence-corrected chi connectivity index (χ1v) is 11.5. The molecule has 0 aliphatic rings. The SMILES string of the molecule is CCOP(=O)(OCC)C(Cl)Cc1cc(-c2nn(C)c(OC(F)F)c2Cl)c(F)cc1Cl. The molecule has 2 rings (SSSR count). The second-order valence-corrected chi connectivity index (χ2v) is 9.74. The Morgan fingerprint density at radius 1 is 1.20 bits per heavy atom. The third-order valence-corrected chi connectivity index (χ3v) is 7.55. The van der Waals surface area contributed by atoms with Gasteiger partial charge in [-0.05, 0) is 31.5 Å². The van der Waals surface area contributed by atoms with E-state index in [4.69, 9.17) is 43.9 Å². The summed E-state index contributed by atoms with van der Waals surface area (Å²) in [4.78, 5) is 0. The van der Waals surface area contributed by atoms with E-state index in [2.05, 4.69) is 9.84 Å². The van der Waals surface area contributed by atoms with Gasteiger partial charge in [0.1, 0.15) is 21.7 Å². The summed E-state index contributed by atoms with van der Waals surface area (Å²) in [7, 11) is -2.34. The number of alkyl halides is 3. The predicted octanol–water partition coefficient (Wildman–Crippen LogP) is 6.51. The molecule has 0 bridgehead atoms. The third kappa shape index (κ3) is 5.64. The quantitative estimate of drug-likeness (QED) is 0.270. The van der Waals surface area contributed by atoms with Crippen LogP contribution in [0.5, 0.6) is 5.88 Å². The summed E-state index contributed by atoms with van der Waals surface area (Å²) < 4.78 is 68.3. The maximum absolute atomic E-state index is 14.6. The van der Waals surface area contributed by atoms with Gasteiger partial charge in [0, 0.05) is 24.1 Å². The van der Waals surface area contributed by atoms with E-state index in [9.17, 15) is 17.7 Å². The van der Waals surface area contributed by atoms with Crippen LogP contribution in [-0.2, 0) is 27.1 Å². The van der Waals surface area contributed by atoms with Gasteiger partial charge in [0.2, 0.25) is 5.88 Å². The van der Waals surface area contributed by atoms with Crippen LogP contribution in [0.3, 0.4) is 0 Å². The van der Waals surface area contributed by atoms with Crippen molar-refractivity contribution in [3.05, 3.63) is 33.6 Å². The minimum atomic E-state index is -3.66. The zero-order chi connectivity index (χ0) is 22.6. The summed E-state index contributed by atoms with van der Waals surface area (Å²) in [6.45, 7) is 0.360. The van der Waals surface area contributed by atoms with Gasteiger partial charge in [-0.2, -0.15) is 13.9 Å². The molecular weight excluding hydrogens is 491 g/mol. The maximum atomic E-state index is 14.6. The van der Waals surface area contributed by atoms with Crippen LogP contribution in [-0.4, -0.2) is 34.7 Å². The van der Waals surface area contributed by atoms with E-state index in [1.54, 1.807) is 13.8 Å². The van der Waals surface area contributed by atoms with E-state index in [-0.39, 0.29) is 40.9 Å². The summed E-state index contributed by atoms with van der Waals surface area (Å²) in [6.07, 6.45) is -0.0875. The van der Waals surface area contributed by atoms with Crippen molar-refractivity contribution < 1.29 is 31.5 Å². The highest BCUT2D eigenvalue weighted by molar-refractivity contribution is 7.56. The first kappa shape index (κ1) is 25.3. The van der Waals surface area contributed by atoms with Crippen LogP contribution >= 0.6 is 42.4 Å². The Morgan fingerprint density at radius 3 is 2.33 bits per heavy atom. The lowest BCUT2D eigenvalue weighted by Gasteiger charge is -2.22. The Hall–Kier alpha value is -0.960. The predicted molar refractivity (Wildman–Crippen MR) is 109 cm³/mol. The molecule has 0 saturated carbocycles. The van der Waals surface area contributed by atoms with Crippen LogP contribution in [0.25, 0.3) is 11.3 Å². The van der Waals surface area contributed by atoms with Crippen molar-refractivity contribution in [3.63, 3.8) is 0 Å². The Morgan fingerprint density at radius 2 is 1.80 bits per heavy atom. The number of halogens is 6. The van der Waals surface area contributed by atoms with Crippen molar-refractivity contribution in [2.75, 3.05) is 13.2 Å². The molecular formula is C17H19Cl3F3N2O4P. The zero-order valence-corrected chi connectivity index (χ0v) is 19.3. The van der Waals surface area contributed by atoms with E-state index < -0.39 is 31.0 Å². The Labute approximate surface area is 186 Å². The zero-order valence-electron chi connectivity index (χ0n) is 16.2. The molecule has 0 radical (unpaired) electrons. The number of hydrogen-bond acceptors (Lipinski definition) is 5. The standard InChI is InChI=1S/C17H19Cl3F3N2O4P/c1-4-27-30(26,28-5-2)13(19)7-9-6-10(12(21)8-11(9)18)15-14(20)16(25(3)24-15)29-17(22)23/h6,8,13,17H,4-5,7H2,1-3H3. The third-order valence-electron chi connectivity index (χ3n) is 3.88. The van der Waals surface area contributed by atoms with Gasteiger partial charge < -0.3 is 13.8 Å². The van der Waals surface area contributed by atoms with Crippen molar-refractivity contribution >= 4 is 42.4 Å². The lowest BCUT2D eigenvalue weighted by Crippen LogP contribution is -2.11. The number of nitrogens with zero attached hydrogens (tertiary/aromatic N) is 2. The van der Waals surface area contributed by atoms with Crippen LogP contribution in [0.2, 0.25) is 10.0 Å². The Balaban J connectivity index is 2.45. The van der Waals surface area contributed by atoms with E-state index >= 15 is 0 Å². The lowest BCUT2D eigenvalue weighted by atomic mass is 10.1. The number of hydrogen-bond donors (Lipinski definition) is 0. The number of ether oxygens (including phenoxy) is 1.